The molecule has 0 bridgehead atoms. The molecular formula is C22H28N2O4. The summed E-state index contributed by atoms with van der Waals surface area (Å²) in [4.78, 5) is 25.9. The van der Waals surface area contributed by atoms with Gasteiger partial charge in [0.25, 0.3) is 0 Å². The van der Waals surface area contributed by atoms with E-state index in [4.69, 9.17) is 4.74 Å². The molecule has 150 valence electrons. The number of likely N-dealkylation sites (N-methyl/N-ethyl adjacent to an activating group) is 1. The van der Waals surface area contributed by atoms with Crippen LogP contribution in [0.1, 0.15) is 35.3 Å². The Morgan fingerprint density at radius 1 is 1.04 bits per heavy atom. The molecule has 2 aromatic carbocycles. The van der Waals surface area contributed by atoms with Crippen LogP contribution in [0.25, 0.3) is 0 Å². The van der Waals surface area contributed by atoms with Crippen molar-refractivity contribution in [1.82, 2.24) is 10.2 Å². The van der Waals surface area contributed by atoms with Crippen molar-refractivity contribution in [3.8, 4) is 5.75 Å². The van der Waals surface area contributed by atoms with Crippen LogP contribution in [0.3, 0.4) is 0 Å². The average molecular weight is 384 g/mol. The average Bonchev–Trinajstić information content (AvgIpc) is 2.72. The van der Waals surface area contributed by atoms with Crippen LogP contribution in [0.15, 0.2) is 48.5 Å². The molecule has 0 aliphatic rings. The lowest BCUT2D eigenvalue weighted by atomic mass is 10.1. The highest BCUT2D eigenvalue weighted by Gasteiger charge is 2.18. The molecule has 0 radical (unpaired) electrons. The number of hydrogen-bond acceptors (Lipinski definition) is 5. The molecule has 0 aliphatic carbocycles. The molecule has 0 aromatic heterocycles. The highest BCUT2D eigenvalue weighted by atomic mass is 16.5. The van der Waals surface area contributed by atoms with E-state index in [0.717, 1.165) is 16.9 Å². The van der Waals surface area contributed by atoms with Gasteiger partial charge in [-0.15, -0.1) is 0 Å². The van der Waals surface area contributed by atoms with Crippen molar-refractivity contribution in [2.24, 2.45) is 0 Å². The summed E-state index contributed by atoms with van der Waals surface area (Å²) in [5.41, 5.74) is 2.52. The molecule has 0 saturated heterocycles. The number of amides is 1. The summed E-state index contributed by atoms with van der Waals surface area (Å²) in [5.74, 6) is 0.420. The number of esters is 1. The topological polar surface area (TPSA) is 67.9 Å². The molecule has 1 unspecified atom stereocenters. The van der Waals surface area contributed by atoms with Gasteiger partial charge < -0.3 is 14.8 Å². The molecule has 6 heteroatoms. The molecule has 1 amide bonds. The van der Waals surface area contributed by atoms with Gasteiger partial charge in [-0.2, -0.15) is 0 Å². The Balaban J connectivity index is 1.84. The quantitative estimate of drug-likeness (QED) is 0.673. The fourth-order valence-electron chi connectivity index (χ4n) is 2.70. The summed E-state index contributed by atoms with van der Waals surface area (Å²) in [6.07, 6.45) is 0. The monoisotopic (exact) mass is 384 g/mol. The molecule has 0 aliphatic heterocycles. The van der Waals surface area contributed by atoms with E-state index in [9.17, 15) is 9.59 Å². The lowest BCUT2D eigenvalue weighted by molar-refractivity contribution is -0.125. The van der Waals surface area contributed by atoms with Gasteiger partial charge in [0.2, 0.25) is 5.91 Å². The number of nitrogens with one attached hydrogen (secondary N) is 1. The van der Waals surface area contributed by atoms with Gasteiger partial charge in [-0.25, -0.2) is 4.79 Å². The third-order valence-corrected chi connectivity index (χ3v) is 4.55. The van der Waals surface area contributed by atoms with E-state index in [1.165, 1.54) is 7.11 Å². The highest BCUT2D eigenvalue weighted by Crippen LogP contribution is 2.14. The third-order valence-electron chi connectivity index (χ3n) is 4.55. The summed E-state index contributed by atoms with van der Waals surface area (Å²) in [6.45, 7) is 5.54. The predicted molar refractivity (Wildman–Crippen MR) is 108 cm³/mol. The minimum atomic E-state index is -0.375. The van der Waals surface area contributed by atoms with Gasteiger partial charge in [-0.05, 0) is 56.3 Å². The molecule has 0 spiro atoms. The second-order valence-corrected chi connectivity index (χ2v) is 6.57. The van der Waals surface area contributed by atoms with E-state index < -0.39 is 0 Å². The maximum absolute atomic E-state index is 12.5. The highest BCUT2D eigenvalue weighted by molar-refractivity contribution is 5.89. The van der Waals surface area contributed by atoms with Crippen molar-refractivity contribution in [1.29, 1.82) is 0 Å². The number of rotatable bonds is 9. The van der Waals surface area contributed by atoms with Gasteiger partial charge in [0.15, 0.2) is 0 Å². The van der Waals surface area contributed by atoms with Crippen molar-refractivity contribution in [3.63, 3.8) is 0 Å². The first kappa shape index (κ1) is 21.4. The van der Waals surface area contributed by atoms with E-state index in [1.807, 2.05) is 50.1 Å². The van der Waals surface area contributed by atoms with Gasteiger partial charge in [0.1, 0.15) is 5.75 Å². The molecule has 2 aromatic rings. The summed E-state index contributed by atoms with van der Waals surface area (Å²) in [6, 6.07) is 14.6. The number of methoxy groups -OCH3 is 1. The Hall–Kier alpha value is -2.86. The van der Waals surface area contributed by atoms with E-state index in [0.29, 0.717) is 25.3 Å². The normalized spacial score (nSPS) is 11.8. The number of carbonyl (C=O) groups excluding carboxylic acids is 2. The Morgan fingerprint density at radius 3 is 2.21 bits per heavy atom. The van der Waals surface area contributed by atoms with Crippen LogP contribution in [-0.4, -0.2) is 43.6 Å². The smallest absolute Gasteiger partial charge is 0.337 e. The fraction of sp³-hybridized carbons (Fsp3) is 0.364. The minimum Gasteiger partial charge on any atom is -0.494 e. The molecule has 1 N–H and O–H groups in total. The lowest BCUT2D eigenvalue weighted by Gasteiger charge is -2.24. The number of carbonyl (C=O) groups is 2. The van der Waals surface area contributed by atoms with Crippen molar-refractivity contribution in [3.05, 3.63) is 65.2 Å². The van der Waals surface area contributed by atoms with Crippen molar-refractivity contribution < 1.29 is 19.1 Å². The molecule has 0 saturated carbocycles. The third kappa shape index (κ3) is 6.09. The first-order chi connectivity index (χ1) is 13.4. The molecule has 0 heterocycles. The molecular weight excluding hydrogens is 356 g/mol. The number of hydrogen-bond donors (Lipinski definition) is 1. The zero-order valence-corrected chi connectivity index (χ0v) is 16.9. The van der Waals surface area contributed by atoms with Gasteiger partial charge in [0, 0.05) is 13.1 Å². The zero-order chi connectivity index (χ0) is 20.5. The standard InChI is InChI=1S/C22H28N2O4/c1-5-28-20-12-8-18(9-13-20)15-24(3)16(2)21(25)23-14-17-6-10-19(11-7-17)22(26)27-4/h6-13,16H,5,14-15H2,1-4H3,(H,23,25). The second kappa shape index (κ2) is 10.5. The van der Waals surface area contributed by atoms with Gasteiger partial charge >= 0.3 is 5.97 Å². The van der Waals surface area contributed by atoms with Crippen LogP contribution >= 0.6 is 0 Å². The van der Waals surface area contributed by atoms with E-state index in [-0.39, 0.29) is 17.9 Å². The maximum Gasteiger partial charge on any atom is 0.337 e. The van der Waals surface area contributed by atoms with Gasteiger partial charge in [-0.3, -0.25) is 9.69 Å². The lowest BCUT2D eigenvalue weighted by Crippen LogP contribution is -2.42. The van der Waals surface area contributed by atoms with Crippen LogP contribution in [0, 0.1) is 0 Å². The maximum atomic E-state index is 12.5. The van der Waals surface area contributed by atoms with E-state index in [2.05, 4.69) is 10.1 Å². The van der Waals surface area contributed by atoms with Crippen LogP contribution in [-0.2, 0) is 22.6 Å². The molecule has 1 atom stereocenters. The first-order valence-corrected chi connectivity index (χ1v) is 9.31. The van der Waals surface area contributed by atoms with Crippen molar-refractivity contribution >= 4 is 11.9 Å². The van der Waals surface area contributed by atoms with Crippen LogP contribution in [0.5, 0.6) is 5.75 Å². The van der Waals surface area contributed by atoms with Crippen LogP contribution in [0.2, 0.25) is 0 Å². The summed E-state index contributed by atoms with van der Waals surface area (Å²) in [5, 5.41) is 2.94. The van der Waals surface area contributed by atoms with Crippen LogP contribution < -0.4 is 10.1 Å². The summed E-state index contributed by atoms with van der Waals surface area (Å²) in [7, 11) is 3.27. The Morgan fingerprint density at radius 2 is 1.64 bits per heavy atom. The molecule has 2 rings (SSSR count). The SMILES string of the molecule is CCOc1ccc(CN(C)C(C)C(=O)NCc2ccc(C(=O)OC)cc2)cc1. The van der Waals surface area contributed by atoms with Crippen molar-refractivity contribution in [2.75, 3.05) is 20.8 Å². The Labute approximate surface area is 166 Å². The number of nitrogens with zero attached hydrogens (tertiary/aromatic N) is 1. The van der Waals surface area contributed by atoms with Crippen LogP contribution in [0.4, 0.5) is 0 Å². The molecule has 28 heavy (non-hydrogen) atoms. The number of ether oxygens (including phenoxy) is 2. The first-order valence-electron chi connectivity index (χ1n) is 9.31. The van der Waals surface area contributed by atoms with E-state index >= 15 is 0 Å². The Bertz CT molecular complexity index is 772. The zero-order valence-electron chi connectivity index (χ0n) is 16.9. The van der Waals surface area contributed by atoms with Crippen molar-refractivity contribution in [2.45, 2.75) is 33.0 Å². The van der Waals surface area contributed by atoms with Gasteiger partial charge in [-0.1, -0.05) is 24.3 Å². The Kier molecular flexibility index (Phi) is 8.02. The minimum absolute atomic E-state index is 0.0505. The molecule has 0 fully saturated rings. The fourth-order valence-corrected chi connectivity index (χ4v) is 2.70. The predicted octanol–water partition coefficient (Wildman–Crippen LogP) is 3.01. The number of benzene rings is 2. The molecule has 6 nitrogen and oxygen atoms in total. The summed E-state index contributed by atoms with van der Waals surface area (Å²) >= 11 is 0. The van der Waals surface area contributed by atoms with Gasteiger partial charge in [0.05, 0.1) is 25.3 Å². The second-order valence-electron chi connectivity index (χ2n) is 6.57. The summed E-state index contributed by atoms with van der Waals surface area (Å²) < 4.78 is 10.1. The largest absolute Gasteiger partial charge is 0.494 e. The van der Waals surface area contributed by atoms with E-state index in [1.54, 1.807) is 24.3 Å².